The summed E-state index contributed by atoms with van der Waals surface area (Å²) in [7, 11) is 1.65. The predicted octanol–water partition coefficient (Wildman–Crippen LogP) is 1.34. The fourth-order valence-electron chi connectivity index (χ4n) is 1.66. The number of rotatable bonds is 12. The number of benzene rings is 1. The van der Waals surface area contributed by atoms with Gasteiger partial charge in [-0.3, -0.25) is 0 Å². The van der Waals surface area contributed by atoms with Crippen LogP contribution in [-0.2, 0) is 32.1 Å². The summed E-state index contributed by atoms with van der Waals surface area (Å²) >= 11 is 0. The first-order valence-electron chi connectivity index (χ1n) is 6.87. The van der Waals surface area contributed by atoms with E-state index in [1.54, 1.807) is 7.11 Å². The molecular weight excluding hydrogens is 258 g/mol. The molecule has 0 aromatic heterocycles. The minimum atomic E-state index is 0.537. The average Bonchev–Trinajstić information content (AvgIpc) is 2.49. The van der Waals surface area contributed by atoms with Gasteiger partial charge in [0.15, 0.2) is 0 Å². The van der Waals surface area contributed by atoms with E-state index in [-0.39, 0.29) is 0 Å². The second-order valence-electron chi connectivity index (χ2n) is 4.24. The highest BCUT2D eigenvalue weighted by atomic mass is 16.6. The van der Waals surface area contributed by atoms with Gasteiger partial charge in [0.25, 0.3) is 0 Å². The molecule has 0 atom stereocenters. The highest BCUT2D eigenvalue weighted by Crippen LogP contribution is 2.08. The zero-order valence-corrected chi connectivity index (χ0v) is 12.2. The molecular formula is C15H25NO4. The maximum atomic E-state index is 5.67. The summed E-state index contributed by atoms with van der Waals surface area (Å²) in [4.78, 5) is 0. The zero-order chi connectivity index (χ0) is 14.5. The molecule has 0 radical (unpaired) electrons. The number of nitrogens with two attached hydrogens (primary N) is 1. The lowest BCUT2D eigenvalue weighted by molar-refractivity contribution is 0.000792. The van der Waals surface area contributed by atoms with Gasteiger partial charge < -0.3 is 24.7 Å². The van der Waals surface area contributed by atoms with Gasteiger partial charge in [-0.25, -0.2) is 0 Å². The van der Waals surface area contributed by atoms with Crippen molar-refractivity contribution in [3.05, 3.63) is 35.4 Å². The van der Waals surface area contributed by atoms with Gasteiger partial charge in [-0.15, -0.1) is 0 Å². The number of hydrogen-bond donors (Lipinski definition) is 1. The summed E-state index contributed by atoms with van der Waals surface area (Å²) in [5, 5.41) is 0. The van der Waals surface area contributed by atoms with E-state index in [4.69, 9.17) is 24.7 Å². The van der Waals surface area contributed by atoms with Crippen molar-refractivity contribution in [2.24, 2.45) is 5.73 Å². The number of methoxy groups -OCH3 is 1. The third kappa shape index (κ3) is 7.57. The Morgan fingerprint density at radius 2 is 1.35 bits per heavy atom. The van der Waals surface area contributed by atoms with Crippen LogP contribution in [-0.4, -0.2) is 46.8 Å². The Morgan fingerprint density at radius 3 is 1.95 bits per heavy atom. The second-order valence-corrected chi connectivity index (χ2v) is 4.24. The quantitative estimate of drug-likeness (QED) is 0.587. The fraction of sp³-hybridized carbons (Fsp3) is 0.600. The van der Waals surface area contributed by atoms with Crippen molar-refractivity contribution in [1.82, 2.24) is 0 Å². The first-order valence-corrected chi connectivity index (χ1v) is 6.87. The zero-order valence-electron chi connectivity index (χ0n) is 12.2. The lowest BCUT2D eigenvalue weighted by atomic mass is 10.1. The van der Waals surface area contributed by atoms with Gasteiger partial charge in [0.2, 0.25) is 0 Å². The van der Waals surface area contributed by atoms with Gasteiger partial charge in [-0.05, 0) is 11.1 Å². The van der Waals surface area contributed by atoms with Gasteiger partial charge in [0, 0.05) is 13.7 Å². The van der Waals surface area contributed by atoms with Gasteiger partial charge >= 0.3 is 0 Å². The van der Waals surface area contributed by atoms with Crippen molar-refractivity contribution in [2.75, 3.05) is 46.8 Å². The summed E-state index contributed by atoms with van der Waals surface area (Å²) in [6, 6.07) is 8.03. The molecule has 20 heavy (non-hydrogen) atoms. The van der Waals surface area contributed by atoms with Crippen molar-refractivity contribution in [2.45, 2.75) is 13.2 Å². The maximum absolute atomic E-state index is 5.67. The number of ether oxygens (including phenoxy) is 4. The molecule has 2 N–H and O–H groups in total. The summed E-state index contributed by atoms with van der Waals surface area (Å²) in [6.45, 7) is 4.62. The molecule has 1 rings (SSSR count). The Kier molecular flexibility index (Phi) is 10.1. The predicted molar refractivity (Wildman–Crippen MR) is 77.5 cm³/mol. The van der Waals surface area contributed by atoms with E-state index in [0.717, 1.165) is 11.1 Å². The Balaban J connectivity index is 1.97. The minimum Gasteiger partial charge on any atom is -0.382 e. The monoisotopic (exact) mass is 283 g/mol. The summed E-state index contributed by atoms with van der Waals surface area (Å²) in [5.74, 6) is 0. The molecule has 114 valence electrons. The minimum absolute atomic E-state index is 0.537. The molecule has 0 saturated heterocycles. The Morgan fingerprint density at radius 1 is 0.800 bits per heavy atom. The molecule has 5 nitrogen and oxygen atoms in total. The molecule has 0 spiro atoms. The van der Waals surface area contributed by atoms with Crippen LogP contribution in [0.1, 0.15) is 11.1 Å². The van der Waals surface area contributed by atoms with Crippen LogP contribution in [0.25, 0.3) is 0 Å². The Labute approximate surface area is 121 Å². The van der Waals surface area contributed by atoms with Crippen LogP contribution >= 0.6 is 0 Å². The first-order chi connectivity index (χ1) is 9.88. The summed E-state index contributed by atoms with van der Waals surface area (Å²) in [6.07, 6.45) is 0. The van der Waals surface area contributed by atoms with Crippen LogP contribution in [0.15, 0.2) is 24.3 Å². The molecule has 0 heterocycles. The molecule has 0 fully saturated rings. The van der Waals surface area contributed by atoms with Crippen LogP contribution in [0.4, 0.5) is 0 Å². The molecule has 0 aliphatic rings. The van der Waals surface area contributed by atoms with Gasteiger partial charge in [0.1, 0.15) is 0 Å². The third-order valence-corrected chi connectivity index (χ3v) is 2.77. The molecule has 0 bridgehead atoms. The van der Waals surface area contributed by atoms with Crippen LogP contribution in [0.3, 0.4) is 0 Å². The van der Waals surface area contributed by atoms with Crippen molar-refractivity contribution < 1.29 is 18.9 Å². The largest absolute Gasteiger partial charge is 0.382 e. The normalized spacial score (nSPS) is 10.9. The molecule has 0 aliphatic carbocycles. The molecule has 5 heteroatoms. The van der Waals surface area contributed by atoms with Gasteiger partial charge in [0.05, 0.1) is 46.2 Å². The highest BCUT2D eigenvalue weighted by Gasteiger charge is 1.99. The van der Waals surface area contributed by atoms with Crippen LogP contribution < -0.4 is 5.73 Å². The molecule has 0 amide bonds. The van der Waals surface area contributed by atoms with E-state index in [2.05, 4.69) is 0 Å². The highest BCUT2D eigenvalue weighted by molar-refractivity contribution is 5.26. The van der Waals surface area contributed by atoms with Crippen molar-refractivity contribution in [3.63, 3.8) is 0 Å². The van der Waals surface area contributed by atoms with Crippen LogP contribution in [0.5, 0.6) is 0 Å². The van der Waals surface area contributed by atoms with E-state index >= 15 is 0 Å². The molecule has 0 aliphatic heterocycles. The van der Waals surface area contributed by atoms with E-state index in [1.165, 1.54) is 0 Å². The third-order valence-electron chi connectivity index (χ3n) is 2.77. The Bertz CT molecular complexity index is 346. The second kappa shape index (κ2) is 11.8. The smallest absolute Gasteiger partial charge is 0.0721 e. The molecule has 1 aromatic carbocycles. The van der Waals surface area contributed by atoms with Crippen LogP contribution in [0, 0.1) is 0 Å². The summed E-state index contributed by atoms with van der Waals surface area (Å²) < 4.78 is 21.1. The van der Waals surface area contributed by atoms with Crippen LogP contribution in [0.2, 0.25) is 0 Å². The Hall–Kier alpha value is -0.980. The lowest BCUT2D eigenvalue weighted by Gasteiger charge is -2.09. The molecule has 0 saturated carbocycles. The van der Waals surface area contributed by atoms with Crippen molar-refractivity contribution >= 4 is 0 Å². The maximum Gasteiger partial charge on any atom is 0.0721 e. The van der Waals surface area contributed by atoms with Gasteiger partial charge in [-0.2, -0.15) is 0 Å². The van der Waals surface area contributed by atoms with E-state index in [1.807, 2.05) is 24.3 Å². The lowest BCUT2D eigenvalue weighted by Crippen LogP contribution is -2.11. The van der Waals surface area contributed by atoms with E-state index < -0.39 is 0 Å². The first kappa shape index (κ1) is 17.1. The van der Waals surface area contributed by atoms with Crippen molar-refractivity contribution in [3.8, 4) is 0 Å². The van der Waals surface area contributed by atoms with E-state index in [9.17, 15) is 0 Å². The fourth-order valence-corrected chi connectivity index (χ4v) is 1.66. The van der Waals surface area contributed by atoms with E-state index in [0.29, 0.717) is 52.8 Å². The standard InChI is InChI=1S/C15H25NO4/c1-17-6-7-18-8-9-19-10-11-20-13-15-5-3-2-4-14(15)12-16/h2-5H,6-13,16H2,1H3. The van der Waals surface area contributed by atoms with Crippen molar-refractivity contribution in [1.29, 1.82) is 0 Å². The summed E-state index contributed by atoms with van der Waals surface area (Å²) in [5.41, 5.74) is 7.93. The SMILES string of the molecule is COCCOCCOCCOCc1ccccc1CN. The molecule has 0 unspecified atom stereocenters. The average molecular weight is 283 g/mol. The van der Waals surface area contributed by atoms with Gasteiger partial charge in [-0.1, -0.05) is 24.3 Å². The molecule has 1 aromatic rings. The number of hydrogen-bond acceptors (Lipinski definition) is 5. The topological polar surface area (TPSA) is 62.9 Å².